The highest BCUT2D eigenvalue weighted by atomic mass is 32.3. The number of allylic oxidation sites excluding steroid dienone is 2. The Morgan fingerprint density at radius 1 is 1.06 bits per heavy atom. The van der Waals surface area contributed by atoms with Crippen LogP contribution < -0.4 is 0 Å². The third-order valence-electron chi connectivity index (χ3n) is 10.8. The minimum absolute atomic E-state index is 0.216. The van der Waals surface area contributed by atoms with Gasteiger partial charge in [-0.15, -0.1) is 0 Å². The molecule has 5 rings (SSSR count). The van der Waals surface area contributed by atoms with Crippen LogP contribution in [0, 0.1) is 46.3 Å². The van der Waals surface area contributed by atoms with Crippen molar-refractivity contribution in [3.8, 4) is 0 Å². The summed E-state index contributed by atoms with van der Waals surface area (Å²) in [5.74, 6) is 2.12. The van der Waals surface area contributed by atoms with Gasteiger partial charge in [0.05, 0.1) is 18.3 Å². The zero-order chi connectivity index (χ0) is 24.8. The van der Waals surface area contributed by atoms with Gasteiger partial charge in [-0.3, -0.25) is 4.55 Å². The summed E-state index contributed by atoms with van der Waals surface area (Å²) in [5, 5.41) is 21.3. The van der Waals surface area contributed by atoms with Gasteiger partial charge in [0.25, 0.3) is 0 Å². The normalized spacial score (nSPS) is 51.3. The second-order valence-electron chi connectivity index (χ2n) is 12.8. The molecular formula is C26H42O7S. The number of fused-ring (bicyclic) bond motifs is 5. The summed E-state index contributed by atoms with van der Waals surface area (Å²) in [6.07, 6.45) is 4.89. The Kier molecular flexibility index (Phi) is 6.10. The van der Waals surface area contributed by atoms with Crippen LogP contribution in [0.2, 0.25) is 0 Å². The number of rotatable bonds is 5. The Balaban J connectivity index is 1.42. The van der Waals surface area contributed by atoms with Crippen molar-refractivity contribution in [2.75, 3.05) is 0 Å². The molecule has 3 saturated carbocycles. The Morgan fingerprint density at radius 2 is 1.74 bits per heavy atom. The first-order chi connectivity index (χ1) is 15.8. The minimum atomic E-state index is -4.74. The minimum Gasteiger partial charge on any atom is -0.390 e. The largest absolute Gasteiger partial charge is 0.397 e. The molecule has 4 aliphatic carbocycles. The van der Waals surface area contributed by atoms with Crippen molar-refractivity contribution in [3.05, 3.63) is 11.6 Å². The molecule has 194 valence electrons. The molecule has 12 atom stereocenters. The first-order valence-electron chi connectivity index (χ1n) is 13.1. The fourth-order valence-electron chi connectivity index (χ4n) is 9.11. The lowest BCUT2D eigenvalue weighted by Crippen LogP contribution is -2.60. The van der Waals surface area contributed by atoms with E-state index in [-0.39, 0.29) is 17.3 Å². The molecule has 0 aromatic heterocycles. The number of hydrogen-bond donors (Lipinski definition) is 3. The molecule has 1 aliphatic heterocycles. The lowest BCUT2D eigenvalue weighted by Gasteiger charge is -2.59. The Morgan fingerprint density at radius 3 is 2.35 bits per heavy atom. The standard InChI is InChI=1S/C26H42O7S/c1-13(2)22-23(32-22)14(3)16-8-9-17-15-6-7-19-24(33-34(29,30)31)21(28)20(27)12-26(19,5)18(15)10-11-25(16,17)4/h6,13-14,16-24,27-28H,7-12H2,1-5H3,(H,29,30,31). The molecule has 0 radical (unpaired) electrons. The van der Waals surface area contributed by atoms with E-state index < -0.39 is 34.1 Å². The third kappa shape index (κ3) is 3.82. The average molecular weight is 499 g/mol. The fraction of sp³-hybridized carbons (Fsp3) is 0.923. The monoisotopic (exact) mass is 498 g/mol. The van der Waals surface area contributed by atoms with Crippen LogP contribution in [0.1, 0.15) is 73.1 Å². The van der Waals surface area contributed by atoms with Crippen LogP contribution in [0.4, 0.5) is 0 Å². The van der Waals surface area contributed by atoms with Gasteiger partial charge in [-0.25, -0.2) is 4.18 Å². The second-order valence-corrected chi connectivity index (χ2v) is 13.9. The van der Waals surface area contributed by atoms with Gasteiger partial charge in [-0.1, -0.05) is 46.3 Å². The van der Waals surface area contributed by atoms with Gasteiger partial charge in [0, 0.05) is 0 Å². The molecule has 0 spiro atoms. The second kappa shape index (κ2) is 8.25. The summed E-state index contributed by atoms with van der Waals surface area (Å²) in [5.41, 5.74) is 1.29. The van der Waals surface area contributed by atoms with E-state index in [1.807, 2.05) is 0 Å². The van der Waals surface area contributed by atoms with Crippen molar-refractivity contribution in [2.45, 2.75) is 104 Å². The maximum absolute atomic E-state index is 11.5. The molecule has 5 aliphatic rings. The SMILES string of the molecule is CC(C)C1OC1C(C)C1CCC2C3=CCC4C(OS(=O)(=O)O)C(O)C(O)CC4(C)C3CCC21C. The van der Waals surface area contributed by atoms with Crippen molar-refractivity contribution < 1.29 is 32.1 Å². The van der Waals surface area contributed by atoms with Crippen LogP contribution in [-0.2, 0) is 19.3 Å². The topological polar surface area (TPSA) is 117 Å². The van der Waals surface area contributed by atoms with Crippen LogP contribution in [0.3, 0.4) is 0 Å². The van der Waals surface area contributed by atoms with E-state index in [4.69, 9.17) is 8.92 Å². The molecule has 1 saturated heterocycles. The van der Waals surface area contributed by atoms with Crippen LogP contribution in [-0.4, -0.2) is 53.7 Å². The zero-order valence-electron chi connectivity index (χ0n) is 21.1. The molecule has 0 aromatic rings. The van der Waals surface area contributed by atoms with Gasteiger partial charge < -0.3 is 14.9 Å². The lowest BCUT2D eigenvalue weighted by molar-refractivity contribution is -0.165. The van der Waals surface area contributed by atoms with Crippen LogP contribution in [0.15, 0.2) is 11.6 Å². The molecule has 0 amide bonds. The molecule has 3 N–H and O–H groups in total. The van der Waals surface area contributed by atoms with E-state index in [0.717, 1.165) is 19.3 Å². The zero-order valence-corrected chi connectivity index (χ0v) is 21.9. The molecule has 7 nitrogen and oxygen atoms in total. The van der Waals surface area contributed by atoms with Crippen molar-refractivity contribution in [2.24, 2.45) is 46.3 Å². The van der Waals surface area contributed by atoms with Gasteiger partial charge in [0.2, 0.25) is 0 Å². The van der Waals surface area contributed by atoms with E-state index >= 15 is 0 Å². The highest BCUT2D eigenvalue weighted by molar-refractivity contribution is 7.80. The Bertz CT molecular complexity index is 947. The summed E-state index contributed by atoms with van der Waals surface area (Å²) in [4.78, 5) is 0. The maximum Gasteiger partial charge on any atom is 0.397 e. The van der Waals surface area contributed by atoms with Crippen molar-refractivity contribution in [1.29, 1.82) is 0 Å². The molecule has 0 bridgehead atoms. The predicted octanol–water partition coefficient (Wildman–Crippen LogP) is 3.75. The lowest BCUT2D eigenvalue weighted by atomic mass is 9.47. The van der Waals surface area contributed by atoms with Gasteiger partial charge in [0.1, 0.15) is 12.2 Å². The van der Waals surface area contributed by atoms with Gasteiger partial charge in [0.15, 0.2) is 0 Å². The Labute approximate surface area is 204 Å². The number of aliphatic hydroxyl groups excluding tert-OH is 2. The van der Waals surface area contributed by atoms with E-state index in [2.05, 4.69) is 40.7 Å². The summed E-state index contributed by atoms with van der Waals surface area (Å²) >= 11 is 0. The van der Waals surface area contributed by atoms with Gasteiger partial charge in [-0.2, -0.15) is 8.42 Å². The van der Waals surface area contributed by atoms with Crippen LogP contribution in [0.25, 0.3) is 0 Å². The Hall–Kier alpha value is -0.510. The van der Waals surface area contributed by atoms with Crippen molar-refractivity contribution >= 4 is 10.4 Å². The van der Waals surface area contributed by atoms with Crippen LogP contribution >= 0.6 is 0 Å². The first kappa shape index (κ1) is 25.2. The highest BCUT2D eigenvalue weighted by Crippen LogP contribution is 2.67. The number of epoxide rings is 1. The number of aliphatic hydroxyl groups is 2. The molecule has 34 heavy (non-hydrogen) atoms. The molecule has 0 aromatic carbocycles. The molecule has 4 fully saturated rings. The number of hydrogen-bond acceptors (Lipinski definition) is 6. The fourth-order valence-corrected chi connectivity index (χ4v) is 9.63. The van der Waals surface area contributed by atoms with Crippen molar-refractivity contribution in [3.63, 3.8) is 0 Å². The number of ether oxygens (including phenoxy) is 1. The molecule has 1 heterocycles. The highest BCUT2D eigenvalue weighted by Gasteiger charge is 2.63. The summed E-state index contributed by atoms with van der Waals surface area (Å²) < 4.78 is 43.5. The predicted molar refractivity (Wildman–Crippen MR) is 127 cm³/mol. The first-order valence-corrected chi connectivity index (χ1v) is 14.5. The van der Waals surface area contributed by atoms with E-state index in [9.17, 15) is 23.2 Å². The average Bonchev–Trinajstić information content (AvgIpc) is 3.46. The summed E-state index contributed by atoms with van der Waals surface area (Å²) in [7, 11) is -4.74. The third-order valence-corrected chi connectivity index (χ3v) is 11.3. The smallest absolute Gasteiger partial charge is 0.390 e. The quantitative estimate of drug-likeness (QED) is 0.300. The van der Waals surface area contributed by atoms with Gasteiger partial charge in [-0.05, 0) is 84.9 Å². The summed E-state index contributed by atoms with van der Waals surface area (Å²) in [6.45, 7) is 11.4. The molecular weight excluding hydrogens is 456 g/mol. The van der Waals surface area contributed by atoms with Crippen LogP contribution in [0.5, 0.6) is 0 Å². The molecule has 12 unspecified atom stereocenters. The maximum atomic E-state index is 11.5. The van der Waals surface area contributed by atoms with E-state index in [1.165, 1.54) is 12.0 Å². The van der Waals surface area contributed by atoms with Gasteiger partial charge >= 0.3 is 10.4 Å². The summed E-state index contributed by atoms with van der Waals surface area (Å²) in [6, 6.07) is 0. The molecule has 8 heteroatoms. The van der Waals surface area contributed by atoms with E-state index in [1.54, 1.807) is 0 Å². The van der Waals surface area contributed by atoms with Crippen molar-refractivity contribution in [1.82, 2.24) is 0 Å². The van der Waals surface area contributed by atoms with E-state index in [0.29, 0.717) is 48.7 Å².